The summed E-state index contributed by atoms with van der Waals surface area (Å²) in [7, 11) is 0. The maximum Gasteiger partial charge on any atom is 0.206 e. The highest BCUT2D eigenvalue weighted by Crippen LogP contribution is 2.41. The molecule has 1 aliphatic heterocycles. The van der Waals surface area contributed by atoms with E-state index in [4.69, 9.17) is 32.7 Å². The number of hydrogen-bond donors (Lipinski definition) is 0. The fourth-order valence-electron chi connectivity index (χ4n) is 2.11. The largest absolute Gasteiger partial charge is 0.342 e. The fourth-order valence-corrected chi connectivity index (χ4v) is 3.26. The molecule has 0 saturated carbocycles. The summed E-state index contributed by atoms with van der Waals surface area (Å²) >= 11 is 15.6. The molecule has 1 heterocycles. The predicted molar refractivity (Wildman–Crippen MR) is 77.7 cm³/mol. The number of rotatable bonds is 4. The molecule has 1 aromatic rings. The molecular formula is C13H15BrCl2O2. The van der Waals surface area contributed by atoms with Gasteiger partial charge in [0, 0.05) is 10.6 Å². The first-order valence-electron chi connectivity index (χ1n) is 5.94. The van der Waals surface area contributed by atoms with Gasteiger partial charge in [0.2, 0.25) is 5.79 Å². The first-order valence-corrected chi connectivity index (χ1v) is 7.82. The molecule has 2 rings (SSSR count). The number of hydrogen-bond acceptors (Lipinski definition) is 2. The summed E-state index contributed by atoms with van der Waals surface area (Å²) < 4.78 is 11.9. The van der Waals surface area contributed by atoms with E-state index in [9.17, 15) is 0 Å². The van der Waals surface area contributed by atoms with Crippen LogP contribution < -0.4 is 0 Å². The molecule has 1 aromatic carbocycles. The minimum atomic E-state index is -0.790. The Morgan fingerprint density at radius 1 is 1.44 bits per heavy atom. The van der Waals surface area contributed by atoms with Crippen molar-refractivity contribution < 1.29 is 9.47 Å². The summed E-state index contributed by atoms with van der Waals surface area (Å²) in [5.41, 5.74) is 0.823. The van der Waals surface area contributed by atoms with Gasteiger partial charge in [0.15, 0.2) is 0 Å². The van der Waals surface area contributed by atoms with E-state index in [2.05, 4.69) is 22.9 Å². The molecule has 0 amide bonds. The summed E-state index contributed by atoms with van der Waals surface area (Å²) in [6.45, 7) is 2.73. The van der Waals surface area contributed by atoms with Crippen LogP contribution in [-0.2, 0) is 15.3 Å². The predicted octanol–water partition coefficient (Wildman–Crippen LogP) is 4.76. The molecule has 18 heavy (non-hydrogen) atoms. The molecular weight excluding hydrogens is 339 g/mol. The normalized spacial score (nSPS) is 27.7. The van der Waals surface area contributed by atoms with Gasteiger partial charge in [0.1, 0.15) is 0 Å². The van der Waals surface area contributed by atoms with Gasteiger partial charge in [-0.05, 0) is 18.6 Å². The standard InChI is InChI=1S/C13H15BrCl2O2/c1-2-3-10-7-17-13(8-14,18-10)11-5-4-9(15)6-12(11)16/h4-6,10H,2-3,7-8H2,1H3. The molecule has 0 radical (unpaired) electrons. The molecule has 2 unspecified atom stereocenters. The Morgan fingerprint density at radius 2 is 2.22 bits per heavy atom. The molecule has 0 bridgehead atoms. The second-order valence-corrected chi connectivity index (χ2v) is 5.75. The van der Waals surface area contributed by atoms with Crippen LogP contribution in [0.3, 0.4) is 0 Å². The average Bonchev–Trinajstić information content (AvgIpc) is 2.74. The number of halogens is 3. The van der Waals surface area contributed by atoms with Crippen molar-refractivity contribution in [2.45, 2.75) is 31.7 Å². The molecule has 5 heteroatoms. The quantitative estimate of drug-likeness (QED) is 0.727. The number of ether oxygens (including phenoxy) is 2. The smallest absolute Gasteiger partial charge is 0.206 e. The first kappa shape index (κ1) is 14.6. The maximum absolute atomic E-state index is 6.24. The van der Waals surface area contributed by atoms with E-state index in [1.54, 1.807) is 12.1 Å². The van der Waals surface area contributed by atoms with Crippen molar-refractivity contribution in [2.75, 3.05) is 11.9 Å². The van der Waals surface area contributed by atoms with Crippen LogP contribution in [0, 0.1) is 0 Å². The van der Waals surface area contributed by atoms with Gasteiger partial charge in [-0.25, -0.2) is 0 Å². The minimum absolute atomic E-state index is 0.124. The zero-order valence-corrected chi connectivity index (χ0v) is 13.2. The summed E-state index contributed by atoms with van der Waals surface area (Å²) in [4.78, 5) is 0. The van der Waals surface area contributed by atoms with Gasteiger partial charge in [-0.2, -0.15) is 0 Å². The van der Waals surface area contributed by atoms with Crippen LogP contribution in [0.1, 0.15) is 25.3 Å². The number of benzene rings is 1. The van der Waals surface area contributed by atoms with Crippen LogP contribution in [0.15, 0.2) is 18.2 Å². The van der Waals surface area contributed by atoms with E-state index in [0.717, 1.165) is 18.4 Å². The molecule has 0 aromatic heterocycles. The Balaban J connectivity index is 2.28. The Hall–Kier alpha value is 0.200. The molecule has 2 atom stereocenters. The van der Waals surface area contributed by atoms with Crippen LogP contribution in [0.25, 0.3) is 0 Å². The Bertz CT molecular complexity index is 427. The SMILES string of the molecule is CCCC1COC(CBr)(c2ccc(Cl)cc2Cl)O1. The fraction of sp³-hybridized carbons (Fsp3) is 0.538. The molecule has 0 aliphatic carbocycles. The Kier molecular flexibility index (Phi) is 4.95. The highest BCUT2D eigenvalue weighted by Gasteiger charge is 2.43. The molecule has 1 fully saturated rings. The van der Waals surface area contributed by atoms with E-state index in [1.165, 1.54) is 0 Å². The zero-order valence-electron chi connectivity index (χ0n) is 10.1. The van der Waals surface area contributed by atoms with Crippen LogP contribution >= 0.6 is 39.1 Å². The maximum atomic E-state index is 6.24. The lowest BCUT2D eigenvalue weighted by molar-refractivity contribution is -0.157. The summed E-state index contributed by atoms with van der Waals surface area (Å²) in [6, 6.07) is 5.37. The van der Waals surface area contributed by atoms with Crippen molar-refractivity contribution in [1.82, 2.24) is 0 Å². The van der Waals surface area contributed by atoms with E-state index >= 15 is 0 Å². The van der Waals surface area contributed by atoms with Gasteiger partial charge >= 0.3 is 0 Å². The van der Waals surface area contributed by atoms with Crippen LogP contribution in [0.5, 0.6) is 0 Å². The third kappa shape index (κ3) is 2.86. The minimum Gasteiger partial charge on any atom is -0.342 e. The van der Waals surface area contributed by atoms with Crippen LogP contribution in [0.4, 0.5) is 0 Å². The van der Waals surface area contributed by atoms with Gasteiger partial charge in [0.25, 0.3) is 0 Å². The molecule has 1 aliphatic rings. The second kappa shape index (κ2) is 6.10. The molecule has 100 valence electrons. The monoisotopic (exact) mass is 352 g/mol. The molecule has 0 N–H and O–H groups in total. The average molecular weight is 354 g/mol. The summed E-state index contributed by atoms with van der Waals surface area (Å²) in [5, 5.41) is 1.72. The van der Waals surface area contributed by atoms with Gasteiger partial charge in [0.05, 0.1) is 23.1 Å². The van der Waals surface area contributed by atoms with E-state index in [-0.39, 0.29) is 6.10 Å². The lowest BCUT2D eigenvalue weighted by Crippen LogP contribution is -2.30. The van der Waals surface area contributed by atoms with Crippen molar-refractivity contribution in [1.29, 1.82) is 0 Å². The zero-order chi connectivity index (χ0) is 13.2. The molecule has 2 nitrogen and oxygen atoms in total. The number of alkyl halides is 1. The summed E-state index contributed by atoms with van der Waals surface area (Å²) in [5.74, 6) is -0.790. The van der Waals surface area contributed by atoms with E-state index in [1.807, 2.05) is 6.07 Å². The van der Waals surface area contributed by atoms with Gasteiger partial charge < -0.3 is 9.47 Å². The van der Waals surface area contributed by atoms with Crippen LogP contribution in [-0.4, -0.2) is 18.0 Å². The van der Waals surface area contributed by atoms with Crippen molar-refractivity contribution >= 4 is 39.1 Å². The summed E-state index contributed by atoms with van der Waals surface area (Å²) in [6.07, 6.45) is 2.18. The highest BCUT2D eigenvalue weighted by atomic mass is 79.9. The topological polar surface area (TPSA) is 18.5 Å². The Morgan fingerprint density at radius 3 is 2.83 bits per heavy atom. The van der Waals surface area contributed by atoms with Crippen molar-refractivity contribution in [3.05, 3.63) is 33.8 Å². The van der Waals surface area contributed by atoms with Gasteiger partial charge in [-0.15, -0.1) is 0 Å². The van der Waals surface area contributed by atoms with Crippen LogP contribution in [0.2, 0.25) is 10.0 Å². The molecule has 0 spiro atoms. The third-order valence-corrected chi connectivity index (χ3v) is 4.27. The van der Waals surface area contributed by atoms with E-state index in [0.29, 0.717) is 22.0 Å². The lowest BCUT2D eigenvalue weighted by Gasteiger charge is -2.27. The lowest BCUT2D eigenvalue weighted by atomic mass is 10.1. The first-order chi connectivity index (χ1) is 8.61. The van der Waals surface area contributed by atoms with E-state index < -0.39 is 5.79 Å². The van der Waals surface area contributed by atoms with Crippen molar-refractivity contribution in [2.24, 2.45) is 0 Å². The molecule has 1 saturated heterocycles. The van der Waals surface area contributed by atoms with Gasteiger partial charge in [-0.3, -0.25) is 0 Å². The second-order valence-electron chi connectivity index (χ2n) is 4.35. The van der Waals surface area contributed by atoms with Crippen molar-refractivity contribution in [3.63, 3.8) is 0 Å². The third-order valence-electron chi connectivity index (χ3n) is 2.99. The Labute approximate surface area is 126 Å². The highest BCUT2D eigenvalue weighted by molar-refractivity contribution is 9.09. The van der Waals surface area contributed by atoms with Crippen molar-refractivity contribution in [3.8, 4) is 0 Å². The van der Waals surface area contributed by atoms with Gasteiger partial charge in [-0.1, -0.05) is 58.5 Å².